The highest BCUT2D eigenvalue weighted by Gasteiger charge is 2.29. The van der Waals surface area contributed by atoms with Crippen LogP contribution in [-0.4, -0.2) is 36.8 Å². The monoisotopic (exact) mass is 327 g/mol. The SMILES string of the molecule is CC1OCCC1N(C)c1ccc(Br)cc1/C(N)=N/O. The van der Waals surface area contributed by atoms with Crippen LogP contribution in [0.1, 0.15) is 18.9 Å². The zero-order valence-electron chi connectivity index (χ0n) is 11.0. The molecule has 2 atom stereocenters. The number of oxime groups is 1. The molecule has 2 unspecified atom stereocenters. The van der Waals surface area contributed by atoms with E-state index in [4.69, 9.17) is 15.7 Å². The van der Waals surface area contributed by atoms with Crippen molar-refractivity contribution >= 4 is 27.5 Å². The van der Waals surface area contributed by atoms with E-state index in [-0.39, 0.29) is 11.9 Å². The van der Waals surface area contributed by atoms with E-state index in [1.807, 2.05) is 25.2 Å². The Labute approximate surface area is 121 Å². The fraction of sp³-hybridized carbons (Fsp3) is 0.462. The van der Waals surface area contributed by atoms with Crippen LogP contribution in [0, 0.1) is 0 Å². The van der Waals surface area contributed by atoms with E-state index in [2.05, 4.69) is 32.9 Å². The van der Waals surface area contributed by atoms with Crippen LogP contribution >= 0.6 is 15.9 Å². The van der Waals surface area contributed by atoms with Crippen molar-refractivity contribution < 1.29 is 9.94 Å². The zero-order chi connectivity index (χ0) is 14.0. The van der Waals surface area contributed by atoms with Crippen molar-refractivity contribution in [1.82, 2.24) is 0 Å². The number of rotatable bonds is 3. The summed E-state index contributed by atoms with van der Waals surface area (Å²) in [5.41, 5.74) is 7.39. The number of anilines is 1. The Morgan fingerprint density at radius 2 is 2.32 bits per heavy atom. The molecule has 1 aliphatic heterocycles. The van der Waals surface area contributed by atoms with Crippen molar-refractivity contribution in [1.29, 1.82) is 0 Å². The molecule has 2 rings (SSSR count). The normalized spacial score (nSPS) is 23.6. The summed E-state index contributed by atoms with van der Waals surface area (Å²) in [4.78, 5) is 2.14. The van der Waals surface area contributed by atoms with Crippen LogP contribution in [0.25, 0.3) is 0 Å². The maximum Gasteiger partial charge on any atom is 0.172 e. The summed E-state index contributed by atoms with van der Waals surface area (Å²) in [6.45, 7) is 2.84. The Bertz CT molecular complexity index is 493. The standard InChI is InChI=1S/C13H18BrN3O2/c1-8-11(5-6-19-8)17(2)12-4-3-9(14)7-10(12)13(15)16-18/h3-4,7-8,11,18H,5-6H2,1-2H3,(H2,15,16). The lowest BCUT2D eigenvalue weighted by Gasteiger charge is -2.30. The highest BCUT2D eigenvalue weighted by molar-refractivity contribution is 9.10. The van der Waals surface area contributed by atoms with Gasteiger partial charge in [-0.15, -0.1) is 0 Å². The van der Waals surface area contributed by atoms with Gasteiger partial charge in [0.05, 0.1) is 12.1 Å². The second kappa shape index (κ2) is 5.79. The maximum atomic E-state index is 8.91. The highest BCUT2D eigenvalue weighted by atomic mass is 79.9. The summed E-state index contributed by atoms with van der Waals surface area (Å²) < 4.78 is 6.49. The summed E-state index contributed by atoms with van der Waals surface area (Å²) in [5, 5.41) is 12.0. The summed E-state index contributed by atoms with van der Waals surface area (Å²) in [6, 6.07) is 6.05. The molecule has 6 heteroatoms. The summed E-state index contributed by atoms with van der Waals surface area (Å²) >= 11 is 3.40. The van der Waals surface area contributed by atoms with Gasteiger partial charge in [0.1, 0.15) is 0 Å². The van der Waals surface area contributed by atoms with E-state index < -0.39 is 0 Å². The first kappa shape index (κ1) is 14.1. The van der Waals surface area contributed by atoms with E-state index in [1.165, 1.54) is 0 Å². The lowest BCUT2D eigenvalue weighted by Crippen LogP contribution is -2.38. The number of likely N-dealkylation sites (N-methyl/N-ethyl adjacent to an activating group) is 1. The molecule has 1 heterocycles. The van der Waals surface area contributed by atoms with Crippen molar-refractivity contribution in [3.8, 4) is 0 Å². The third kappa shape index (κ3) is 2.84. The Balaban J connectivity index is 2.38. The molecular weight excluding hydrogens is 310 g/mol. The fourth-order valence-corrected chi connectivity index (χ4v) is 2.84. The van der Waals surface area contributed by atoms with E-state index in [0.29, 0.717) is 11.6 Å². The van der Waals surface area contributed by atoms with Gasteiger partial charge in [0.25, 0.3) is 0 Å². The van der Waals surface area contributed by atoms with Gasteiger partial charge in [0, 0.05) is 29.4 Å². The number of nitrogens with two attached hydrogens (primary N) is 1. The average Bonchev–Trinajstić information content (AvgIpc) is 2.83. The molecule has 0 bridgehead atoms. The number of nitrogens with zero attached hydrogens (tertiary/aromatic N) is 2. The van der Waals surface area contributed by atoms with E-state index in [0.717, 1.165) is 23.2 Å². The van der Waals surface area contributed by atoms with Crippen LogP contribution in [0.15, 0.2) is 27.8 Å². The van der Waals surface area contributed by atoms with Gasteiger partial charge < -0.3 is 20.6 Å². The molecule has 0 amide bonds. The molecule has 0 radical (unpaired) electrons. The quantitative estimate of drug-likeness (QED) is 0.386. The minimum Gasteiger partial charge on any atom is -0.409 e. The number of ether oxygens (including phenoxy) is 1. The summed E-state index contributed by atoms with van der Waals surface area (Å²) in [6.07, 6.45) is 1.15. The van der Waals surface area contributed by atoms with Gasteiger partial charge in [0.2, 0.25) is 0 Å². The van der Waals surface area contributed by atoms with E-state index in [1.54, 1.807) is 0 Å². The smallest absolute Gasteiger partial charge is 0.172 e. The average molecular weight is 328 g/mol. The number of hydrogen-bond donors (Lipinski definition) is 2. The van der Waals surface area contributed by atoms with Crippen LogP contribution in [0.3, 0.4) is 0 Å². The largest absolute Gasteiger partial charge is 0.409 e. The minimum absolute atomic E-state index is 0.106. The first-order chi connectivity index (χ1) is 9.04. The molecule has 0 saturated carbocycles. The lowest BCUT2D eigenvalue weighted by molar-refractivity contribution is 0.118. The molecule has 3 N–H and O–H groups in total. The topological polar surface area (TPSA) is 71.1 Å². The molecule has 1 aromatic rings. The molecular formula is C13H18BrN3O2. The summed E-state index contributed by atoms with van der Waals surface area (Å²) in [7, 11) is 2.01. The number of hydrogen-bond acceptors (Lipinski definition) is 4. The molecule has 1 fully saturated rings. The third-order valence-corrected chi connectivity index (χ3v) is 4.05. The molecule has 104 valence electrons. The van der Waals surface area contributed by atoms with Gasteiger partial charge in [-0.2, -0.15) is 0 Å². The second-order valence-corrected chi connectivity index (χ2v) is 5.61. The number of halogens is 1. The Hall–Kier alpha value is -1.27. The van der Waals surface area contributed by atoms with Crippen LogP contribution in [-0.2, 0) is 4.74 Å². The number of amidine groups is 1. The molecule has 0 aromatic heterocycles. The highest BCUT2D eigenvalue weighted by Crippen LogP contribution is 2.29. The van der Waals surface area contributed by atoms with Crippen molar-refractivity contribution in [2.75, 3.05) is 18.6 Å². The molecule has 1 aliphatic rings. The molecule has 19 heavy (non-hydrogen) atoms. The van der Waals surface area contributed by atoms with Gasteiger partial charge in [-0.1, -0.05) is 21.1 Å². The minimum atomic E-state index is 0.106. The van der Waals surface area contributed by atoms with Crippen molar-refractivity contribution in [3.63, 3.8) is 0 Å². The Kier molecular flexibility index (Phi) is 4.31. The predicted molar refractivity (Wildman–Crippen MR) is 78.9 cm³/mol. The Morgan fingerprint density at radius 1 is 1.58 bits per heavy atom. The zero-order valence-corrected chi connectivity index (χ0v) is 12.6. The fourth-order valence-electron chi connectivity index (χ4n) is 2.48. The van der Waals surface area contributed by atoms with Crippen molar-refractivity contribution in [2.45, 2.75) is 25.5 Å². The second-order valence-electron chi connectivity index (χ2n) is 4.69. The maximum absolute atomic E-state index is 8.91. The first-order valence-corrected chi connectivity index (χ1v) is 6.95. The molecule has 1 saturated heterocycles. The van der Waals surface area contributed by atoms with Crippen LogP contribution < -0.4 is 10.6 Å². The third-order valence-electron chi connectivity index (χ3n) is 3.56. The summed E-state index contributed by atoms with van der Waals surface area (Å²) in [5.74, 6) is 0.106. The van der Waals surface area contributed by atoms with Crippen LogP contribution in [0.4, 0.5) is 5.69 Å². The molecule has 1 aromatic carbocycles. The predicted octanol–water partition coefficient (Wildman–Crippen LogP) is 2.16. The van der Waals surface area contributed by atoms with E-state index in [9.17, 15) is 0 Å². The van der Waals surface area contributed by atoms with Gasteiger partial charge in [-0.3, -0.25) is 0 Å². The lowest BCUT2D eigenvalue weighted by atomic mass is 10.1. The van der Waals surface area contributed by atoms with Crippen LogP contribution in [0.2, 0.25) is 0 Å². The van der Waals surface area contributed by atoms with Gasteiger partial charge >= 0.3 is 0 Å². The van der Waals surface area contributed by atoms with Crippen molar-refractivity contribution in [3.05, 3.63) is 28.2 Å². The van der Waals surface area contributed by atoms with E-state index >= 15 is 0 Å². The molecule has 0 aliphatic carbocycles. The first-order valence-electron chi connectivity index (χ1n) is 6.16. The van der Waals surface area contributed by atoms with Crippen molar-refractivity contribution in [2.24, 2.45) is 10.9 Å². The van der Waals surface area contributed by atoms with Gasteiger partial charge in [0.15, 0.2) is 5.84 Å². The van der Waals surface area contributed by atoms with Crippen LogP contribution in [0.5, 0.6) is 0 Å². The molecule has 0 spiro atoms. The van der Waals surface area contributed by atoms with Gasteiger partial charge in [-0.05, 0) is 31.5 Å². The number of benzene rings is 1. The molecule has 5 nitrogen and oxygen atoms in total. The Morgan fingerprint density at radius 3 is 2.89 bits per heavy atom. The van der Waals surface area contributed by atoms with Gasteiger partial charge in [-0.25, -0.2) is 0 Å².